The fraction of sp³-hybridized carbons (Fsp3) is 0.450. The average molecular weight is 566 g/mol. The summed E-state index contributed by atoms with van der Waals surface area (Å²) in [4.78, 5) is 20.7. The van der Waals surface area contributed by atoms with Gasteiger partial charge in [0.1, 0.15) is 12.3 Å². The molecule has 1 aromatic heterocycles. The molecule has 0 atom stereocenters. The van der Waals surface area contributed by atoms with Crippen molar-refractivity contribution in [2.24, 2.45) is 12.0 Å². The molecule has 1 aliphatic heterocycles. The first-order valence-corrected chi connectivity index (χ1v) is 9.86. The molecule has 0 unspecified atom stereocenters. The van der Waals surface area contributed by atoms with E-state index in [2.05, 4.69) is 15.4 Å². The van der Waals surface area contributed by atoms with Crippen LogP contribution in [0.3, 0.4) is 0 Å². The number of ether oxygens (including phenoxy) is 1. The van der Waals surface area contributed by atoms with Crippen LogP contribution in [-0.2, 0) is 18.4 Å². The predicted octanol–water partition coefficient (Wildman–Crippen LogP) is 2.79. The van der Waals surface area contributed by atoms with Gasteiger partial charge in [-0.3, -0.25) is 9.48 Å². The molecular formula is C20H26F3IN6O2. The molecule has 12 heteroatoms. The molecule has 176 valence electrons. The number of nitrogens with zero attached hydrogens (tertiary/aromatic N) is 5. The number of amides is 1. The first kappa shape index (κ1) is 25.7. The van der Waals surface area contributed by atoms with Crippen molar-refractivity contribution in [2.45, 2.75) is 19.6 Å². The van der Waals surface area contributed by atoms with Gasteiger partial charge >= 0.3 is 6.18 Å². The Kier molecular flexibility index (Phi) is 9.16. The molecule has 0 aliphatic carbocycles. The van der Waals surface area contributed by atoms with Gasteiger partial charge in [-0.25, -0.2) is 4.99 Å². The highest BCUT2D eigenvalue weighted by atomic mass is 127. The van der Waals surface area contributed by atoms with E-state index in [1.54, 1.807) is 47.2 Å². The summed E-state index contributed by atoms with van der Waals surface area (Å²) in [6, 6.07) is 6.48. The average Bonchev–Trinajstić information content (AvgIpc) is 3.15. The molecule has 1 N–H and O–H groups in total. The van der Waals surface area contributed by atoms with Crippen LogP contribution < -0.4 is 15.0 Å². The van der Waals surface area contributed by atoms with Gasteiger partial charge in [-0.05, 0) is 13.0 Å². The SMILES string of the molecule is CCNC(=NCc1ccccc1OCC(F)(F)F)N1CCN(c2cnn(C)c2)C(=O)C1.I. The maximum absolute atomic E-state index is 12.7. The van der Waals surface area contributed by atoms with Crippen molar-refractivity contribution in [3.8, 4) is 5.75 Å². The Bertz CT molecular complexity index is 934. The van der Waals surface area contributed by atoms with Crippen molar-refractivity contribution in [2.75, 3.05) is 37.7 Å². The van der Waals surface area contributed by atoms with Crippen LogP contribution in [0.1, 0.15) is 12.5 Å². The fourth-order valence-corrected chi connectivity index (χ4v) is 3.20. The standard InChI is InChI=1S/C20H25F3N6O2.HI/c1-3-24-19(25-10-15-6-4-5-7-17(15)31-14-20(21,22)23)28-8-9-29(18(30)13-28)16-11-26-27(2)12-16;/h4-7,11-12H,3,8-10,13-14H2,1-2H3,(H,24,25);1H. The molecule has 1 aliphatic rings. The molecule has 2 aromatic rings. The number of piperazine rings is 1. The van der Waals surface area contributed by atoms with Gasteiger partial charge in [-0.1, -0.05) is 18.2 Å². The number of carbonyl (C=O) groups excluding carboxylic acids is 1. The van der Waals surface area contributed by atoms with Gasteiger partial charge < -0.3 is 19.9 Å². The van der Waals surface area contributed by atoms with Gasteiger partial charge in [-0.2, -0.15) is 18.3 Å². The van der Waals surface area contributed by atoms with E-state index in [-0.39, 0.29) is 48.7 Å². The molecule has 8 nitrogen and oxygen atoms in total. The Labute approximate surface area is 201 Å². The van der Waals surface area contributed by atoms with E-state index >= 15 is 0 Å². The summed E-state index contributed by atoms with van der Waals surface area (Å²) in [6.07, 6.45) is -0.991. The minimum atomic E-state index is -4.42. The normalized spacial score (nSPS) is 14.9. The smallest absolute Gasteiger partial charge is 0.422 e. The number of para-hydroxylation sites is 1. The number of rotatable bonds is 6. The van der Waals surface area contributed by atoms with Gasteiger partial charge in [0.2, 0.25) is 5.91 Å². The number of hydrogen-bond acceptors (Lipinski definition) is 4. The zero-order valence-electron chi connectivity index (χ0n) is 17.8. The van der Waals surface area contributed by atoms with E-state index < -0.39 is 12.8 Å². The summed E-state index contributed by atoms with van der Waals surface area (Å²) in [7, 11) is 1.79. The molecule has 0 saturated carbocycles. The maximum Gasteiger partial charge on any atom is 0.422 e. The number of anilines is 1. The minimum absolute atomic E-state index is 0. The van der Waals surface area contributed by atoms with Crippen LogP contribution >= 0.6 is 24.0 Å². The second-order valence-electron chi connectivity index (χ2n) is 7.02. The number of nitrogens with one attached hydrogen (secondary N) is 1. The van der Waals surface area contributed by atoms with Gasteiger partial charge in [0, 0.05) is 38.4 Å². The second kappa shape index (κ2) is 11.4. The van der Waals surface area contributed by atoms with Crippen LogP contribution in [-0.4, -0.2) is 65.5 Å². The van der Waals surface area contributed by atoms with Crippen molar-refractivity contribution < 1.29 is 22.7 Å². The minimum Gasteiger partial charge on any atom is -0.484 e. The number of aromatic nitrogens is 2. The fourth-order valence-electron chi connectivity index (χ4n) is 3.20. The molecule has 1 aromatic carbocycles. The van der Waals surface area contributed by atoms with Crippen molar-refractivity contribution in [1.29, 1.82) is 0 Å². The largest absolute Gasteiger partial charge is 0.484 e. The molecule has 0 spiro atoms. The lowest BCUT2D eigenvalue weighted by molar-refractivity contribution is -0.153. The summed E-state index contributed by atoms with van der Waals surface area (Å²) in [5, 5.41) is 7.25. The summed E-state index contributed by atoms with van der Waals surface area (Å²) in [5.41, 5.74) is 1.27. The van der Waals surface area contributed by atoms with Crippen LogP contribution in [0.25, 0.3) is 0 Å². The molecule has 0 bridgehead atoms. The number of hydrogen-bond donors (Lipinski definition) is 1. The monoisotopic (exact) mass is 566 g/mol. The zero-order chi connectivity index (χ0) is 22.4. The lowest BCUT2D eigenvalue weighted by Crippen LogP contribution is -2.55. The number of aliphatic imine (C=N–C) groups is 1. The lowest BCUT2D eigenvalue weighted by atomic mass is 10.2. The number of guanidine groups is 1. The summed E-state index contributed by atoms with van der Waals surface area (Å²) in [6.45, 7) is 2.41. The summed E-state index contributed by atoms with van der Waals surface area (Å²) in [5.74, 6) is 0.572. The topological polar surface area (TPSA) is 75.0 Å². The Balaban J connectivity index is 0.00000363. The number of benzene rings is 1. The number of carbonyl (C=O) groups is 1. The predicted molar refractivity (Wildman–Crippen MR) is 125 cm³/mol. The second-order valence-corrected chi connectivity index (χ2v) is 7.02. The quantitative estimate of drug-likeness (QED) is 0.331. The highest BCUT2D eigenvalue weighted by Crippen LogP contribution is 2.23. The highest BCUT2D eigenvalue weighted by molar-refractivity contribution is 14.0. The van der Waals surface area contributed by atoms with E-state index in [1.807, 2.05) is 11.8 Å². The molecule has 2 heterocycles. The third-order valence-corrected chi connectivity index (χ3v) is 4.62. The molecule has 1 saturated heterocycles. The van der Waals surface area contributed by atoms with Crippen LogP contribution in [0, 0.1) is 0 Å². The molecular weight excluding hydrogens is 540 g/mol. The third-order valence-electron chi connectivity index (χ3n) is 4.62. The van der Waals surface area contributed by atoms with Crippen LogP contribution in [0.4, 0.5) is 18.9 Å². The van der Waals surface area contributed by atoms with Crippen molar-refractivity contribution in [3.63, 3.8) is 0 Å². The number of alkyl halides is 3. The first-order chi connectivity index (χ1) is 14.8. The Morgan fingerprint density at radius 2 is 2.03 bits per heavy atom. The van der Waals surface area contributed by atoms with Gasteiger partial charge in [0.15, 0.2) is 12.6 Å². The maximum atomic E-state index is 12.7. The highest BCUT2D eigenvalue weighted by Gasteiger charge is 2.29. The van der Waals surface area contributed by atoms with Crippen LogP contribution in [0.5, 0.6) is 5.75 Å². The van der Waals surface area contributed by atoms with Gasteiger partial charge in [0.05, 0.1) is 18.4 Å². The Morgan fingerprint density at radius 1 is 1.28 bits per heavy atom. The van der Waals surface area contributed by atoms with Crippen molar-refractivity contribution in [1.82, 2.24) is 20.0 Å². The van der Waals surface area contributed by atoms with E-state index in [9.17, 15) is 18.0 Å². The van der Waals surface area contributed by atoms with Crippen LogP contribution in [0.2, 0.25) is 0 Å². The summed E-state index contributed by atoms with van der Waals surface area (Å²) < 4.78 is 44.1. The number of halogens is 4. The Morgan fingerprint density at radius 3 is 2.66 bits per heavy atom. The molecule has 32 heavy (non-hydrogen) atoms. The van der Waals surface area contributed by atoms with Gasteiger partial charge in [-0.15, -0.1) is 24.0 Å². The van der Waals surface area contributed by atoms with Crippen molar-refractivity contribution >= 4 is 41.5 Å². The molecule has 0 radical (unpaired) electrons. The van der Waals surface area contributed by atoms with E-state index in [0.717, 1.165) is 5.69 Å². The molecule has 3 rings (SSSR count). The first-order valence-electron chi connectivity index (χ1n) is 9.86. The number of aryl methyl sites for hydroxylation is 1. The van der Waals surface area contributed by atoms with Crippen LogP contribution in [0.15, 0.2) is 41.7 Å². The Hall–Kier alpha value is -2.51. The lowest BCUT2D eigenvalue weighted by Gasteiger charge is -2.35. The van der Waals surface area contributed by atoms with Crippen molar-refractivity contribution in [3.05, 3.63) is 42.2 Å². The van der Waals surface area contributed by atoms with E-state index in [1.165, 1.54) is 6.07 Å². The molecule has 1 amide bonds. The van der Waals surface area contributed by atoms with E-state index in [4.69, 9.17) is 4.74 Å². The molecule has 1 fully saturated rings. The summed E-state index contributed by atoms with van der Waals surface area (Å²) >= 11 is 0. The zero-order valence-corrected chi connectivity index (χ0v) is 20.1. The third kappa shape index (κ3) is 7.00. The van der Waals surface area contributed by atoms with Gasteiger partial charge in [0.25, 0.3) is 0 Å². The van der Waals surface area contributed by atoms with E-state index in [0.29, 0.717) is 31.2 Å².